The molecule has 4 aromatic rings. The molecular weight excluding hydrogens is 651 g/mol. The molecule has 0 amide bonds. The molecule has 0 saturated carbocycles. The van der Waals surface area contributed by atoms with Crippen LogP contribution in [-0.4, -0.2) is 54.8 Å². The van der Waals surface area contributed by atoms with Crippen LogP contribution in [0.2, 0.25) is 35.7 Å². The van der Waals surface area contributed by atoms with Gasteiger partial charge in [0.15, 0.2) is 0 Å². The highest BCUT2D eigenvalue weighted by Crippen LogP contribution is 2.41. The normalized spacial score (nSPS) is 11.9. The van der Waals surface area contributed by atoms with E-state index in [4.69, 9.17) is 48.2 Å². The highest BCUT2D eigenvalue weighted by Gasteiger charge is 2.29. The summed E-state index contributed by atoms with van der Waals surface area (Å²) in [6.45, 7) is 19.7. The number of hydrogen-bond acceptors (Lipinski definition) is 6. The van der Waals surface area contributed by atoms with Crippen LogP contribution in [-0.2, 0) is 29.2 Å². The minimum Gasteiger partial charge on any atom is -0.494 e. The van der Waals surface area contributed by atoms with Gasteiger partial charge in [0.25, 0.3) is 0 Å². The lowest BCUT2D eigenvalue weighted by atomic mass is 9.98. The second-order valence-corrected chi connectivity index (χ2v) is 19.8. The van der Waals surface area contributed by atoms with Crippen molar-refractivity contribution in [2.75, 3.05) is 26.4 Å². The molecule has 0 aliphatic carbocycles. The fraction of sp³-hybridized carbons (Fsp3) is 0.500. The Morgan fingerprint density at radius 1 is 1.02 bits per heavy atom. The minimum absolute atomic E-state index is 0.262. The maximum absolute atomic E-state index is 13.7. The topological polar surface area (TPSA) is 93.5 Å². The molecule has 0 spiro atoms. The summed E-state index contributed by atoms with van der Waals surface area (Å²) in [5.41, 5.74) is 14.1. The predicted molar refractivity (Wildman–Crippen MR) is 196 cm³/mol. The lowest BCUT2D eigenvalue weighted by molar-refractivity contribution is 0.0512. The monoisotopic (exact) mass is 700 g/mol. The smallest absolute Gasteiger partial charge is 0.355 e. The fourth-order valence-electron chi connectivity index (χ4n) is 6.05. The van der Waals surface area contributed by atoms with Gasteiger partial charge in [-0.2, -0.15) is 5.10 Å². The van der Waals surface area contributed by atoms with E-state index in [2.05, 4.69) is 31.1 Å². The molecule has 0 aliphatic rings. The predicted octanol–water partition coefficient (Wildman–Crippen LogP) is 8.89. The van der Waals surface area contributed by atoms with Crippen molar-refractivity contribution in [1.82, 2.24) is 14.3 Å². The van der Waals surface area contributed by atoms with Gasteiger partial charge in [0.05, 0.1) is 29.4 Å². The highest BCUT2D eigenvalue weighted by atomic mass is 35.5. The van der Waals surface area contributed by atoms with E-state index >= 15 is 0 Å². The molecule has 11 heteroatoms. The second-order valence-electron chi connectivity index (χ2n) is 13.4. The third-order valence-corrected chi connectivity index (χ3v) is 11.0. The summed E-state index contributed by atoms with van der Waals surface area (Å²) in [5, 5.41) is 7.04. The van der Waals surface area contributed by atoms with E-state index in [0.29, 0.717) is 63.0 Å². The summed E-state index contributed by atoms with van der Waals surface area (Å²) in [7, 11) is -1.21. The van der Waals surface area contributed by atoms with Crippen molar-refractivity contribution in [2.24, 2.45) is 5.73 Å². The van der Waals surface area contributed by atoms with E-state index in [9.17, 15) is 4.79 Å². The van der Waals surface area contributed by atoms with Gasteiger partial charge in [-0.25, -0.2) is 9.48 Å². The van der Waals surface area contributed by atoms with E-state index in [1.165, 1.54) is 0 Å². The van der Waals surface area contributed by atoms with E-state index in [-0.39, 0.29) is 12.6 Å². The highest BCUT2D eigenvalue weighted by molar-refractivity contribution is 6.76. The number of rotatable bonds is 16. The van der Waals surface area contributed by atoms with Crippen molar-refractivity contribution in [3.63, 3.8) is 0 Å². The summed E-state index contributed by atoms with van der Waals surface area (Å²) in [6, 6.07) is 8.94. The molecule has 2 heterocycles. The minimum atomic E-state index is -1.21. The van der Waals surface area contributed by atoms with Gasteiger partial charge in [-0.3, -0.25) is 0 Å². The van der Waals surface area contributed by atoms with Gasteiger partial charge >= 0.3 is 5.97 Å². The first-order valence-corrected chi connectivity index (χ1v) is 21.0. The summed E-state index contributed by atoms with van der Waals surface area (Å²) in [5.74, 6) is 0.399. The third-order valence-electron chi connectivity index (χ3n) is 8.42. The number of carbonyl (C=O) groups is 1. The zero-order chi connectivity index (χ0) is 34.5. The number of halogens is 2. The Hall–Kier alpha value is -2.82. The van der Waals surface area contributed by atoms with Gasteiger partial charge in [-0.15, -0.1) is 0 Å². The standard InChI is InChI=1S/C36H50Cl2N4O4Si/c1-9-45-36(43)35-28(12-10-17-46-27-20-23(2)33(38)24(3)21-27)32-30(37)14-13-29(34(32)41(35)16-11-15-39)31-25(4)40-42(26(31)5)22-44-18-19-47(6,7)8/h13-14,20-21H,9-12,15-19,22,39H2,1-8H3. The average Bonchev–Trinajstić information content (AvgIpc) is 3.48. The van der Waals surface area contributed by atoms with E-state index < -0.39 is 8.07 Å². The fourth-order valence-corrected chi connectivity index (χ4v) is 7.18. The Labute approximate surface area is 290 Å². The Balaban J connectivity index is 1.78. The molecule has 256 valence electrons. The van der Waals surface area contributed by atoms with Crippen LogP contribution in [0.4, 0.5) is 0 Å². The summed E-state index contributed by atoms with van der Waals surface area (Å²) < 4.78 is 21.8. The molecule has 2 N–H and O–H groups in total. The Morgan fingerprint density at radius 3 is 2.36 bits per heavy atom. The van der Waals surface area contributed by atoms with Gasteiger partial charge in [0.2, 0.25) is 0 Å². The lowest BCUT2D eigenvalue weighted by Crippen LogP contribution is -2.22. The molecule has 0 bridgehead atoms. The van der Waals surface area contributed by atoms with Crippen LogP contribution >= 0.6 is 23.2 Å². The van der Waals surface area contributed by atoms with Crippen LogP contribution in [0.5, 0.6) is 5.75 Å². The van der Waals surface area contributed by atoms with Crippen LogP contribution in [0.3, 0.4) is 0 Å². The molecule has 0 radical (unpaired) electrons. The van der Waals surface area contributed by atoms with Crippen molar-refractivity contribution >= 4 is 48.1 Å². The number of nitrogens with zero attached hydrogens (tertiary/aromatic N) is 3. The number of fused-ring (bicyclic) bond motifs is 1. The van der Waals surface area contributed by atoms with Gasteiger partial charge in [-0.1, -0.05) is 48.9 Å². The molecule has 2 aromatic heterocycles. The molecule has 0 unspecified atom stereocenters. The molecule has 0 fully saturated rings. The van der Waals surface area contributed by atoms with E-state index in [1.807, 2.05) is 56.6 Å². The molecule has 8 nitrogen and oxygen atoms in total. The number of hydrogen-bond donors (Lipinski definition) is 1. The van der Waals surface area contributed by atoms with E-state index in [0.717, 1.165) is 66.9 Å². The number of aromatic nitrogens is 3. The number of nitrogens with two attached hydrogens (primary N) is 1. The molecule has 0 saturated heterocycles. The summed E-state index contributed by atoms with van der Waals surface area (Å²) >= 11 is 13.4. The quantitative estimate of drug-likeness (QED) is 0.0713. The Morgan fingerprint density at radius 2 is 1.72 bits per heavy atom. The number of ether oxygens (including phenoxy) is 3. The Kier molecular flexibility index (Phi) is 12.6. The zero-order valence-corrected chi connectivity index (χ0v) is 31.7. The van der Waals surface area contributed by atoms with E-state index in [1.54, 1.807) is 0 Å². The van der Waals surface area contributed by atoms with Crippen molar-refractivity contribution in [2.45, 2.75) is 92.8 Å². The SMILES string of the molecule is CCOC(=O)c1c(CCCOc2cc(C)c(Cl)c(C)c2)c2c(Cl)ccc(-c3c(C)nn(COCC[Si](C)(C)C)c3C)c2n1CCCN. The van der Waals surface area contributed by atoms with Crippen molar-refractivity contribution in [1.29, 1.82) is 0 Å². The van der Waals surface area contributed by atoms with Gasteiger partial charge in [0.1, 0.15) is 18.2 Å². The van der Waals surface area contributed by atoms with Gasteiger partial charge in [0, 0.05) is 48.5 Å². The summed E-state index contributed by atoms with van der Waals surface area (Å²) in [6.07, 6.45) is 1.91. The first kappa shape index (κ1) is 37.0. The van der Waals surface area contributed by atoms with Gasteiger partial charge < -0.3 is 24.5 Å². The maximum atomic E-state index is 13.7. The van der Waals surface area contributed by atoms with Crippen molar-refractivity contribution in [3.8, 4) is 16.9 Å². The van der Waals surface area contributed by atoms with Crippen LogP contribution in [0, 0.1) is 27.7 Å². The maximum Gasteiger partial charge on any atom is 0.355 e. The zero-order valence-electron chi connectivity index (χ0n) is 29.2. The van der Waals surface area contributed by atoms with Gasteiger partial charge in [-0.05, 0) is 101 Å². The molecule has 2 aromatic carbocycles. The molecule has 4 rings (SSSR count). The Bertz CT molecular complexity index is 1700. The first-order valence-electron chi connectivity index (χ1n) is 16.5. The third kappa shape index (κ3) is 8.62. The van der Waals surface area contributed by atoms with Crippen LogP contribution in [0.1, 0.15) is 58.3 Å². The summed E-state index contributed by atoms with van der Waals surface area (Å²) in [4.78, 5) is 13.7. The number of benzene rings is 2. The molecule has 0 aliphatic heterocycles. The molecule has 0 atom stereocenters. The second kappa shape index (κ2) is 16.1. The van der Waals surface area contributed by atoms with Crippen LogP contribution in [0.15, 0.2) is 24.3 Å². The van der Waals surface area contributed by atoms with Crippen LogP contribution < -0.4 is 10.5 Å². The van der Waals surface area contributed by atoms with Crippen molar-refractivity contribution in [3.05, 3.63) is 68.1 Å². The number of carbonyl (C=O) groups excluding carboxylic acids is 1. The number of esters is 1. The number of aryl methyl sites for hydroxylation is 5. The average molecular weight is 702 g/mol. The van der Waals surface area contributed by atoms with Crippen molar-refractivity contribution < 1.29 is 19.0 Å². The lowest BCUT2D eigenvalue weighted by Gasteiger charge is -2.16. The first-order chi connectivity index (χ1) is 22.3. The molecule has 47 heavy (non-hydrogen) atoms. The molecular formula is C36H50Cl2N4O4Si. The van der Waals surface area contributed by atoms with Crippen LogP contribution in [0.25, 0.3) is 22.0 Å². The largest absolute Gasteiger partial charge is 0.494 e.